The molecule has 7 heteroatoms. The minimum absolute atomic E-state index is 0.135. The van der Waals surface area contributed by atoms with E-state index in [2.05, 4.69) is 5.32 Å². The highest BCUT2D eigenvalue weighted by Crippen LogP contribution is 2.30. The van der Waals surface area contributed by atoms with Crippen LogP contribution in [0.15, 0.2) is 30.3 Å². The van der Waals surface area contributed by atoms with Gasteiger partial charge in [0.05, 0.1) is 10.9 Å². The Morgan fingerprint density at radius 3 is 2.78 bits per heavy atom. The third kappa shape index (κ3) is 4.09. The van der Waals surface area contributed by atoms with Gasteiger partial charge in [-0.25, -0.2) is 4.79 Å². The standard InChI is InChI=1S/C16H17ClN2O3S/c1-19(10-12-3-5-15(17)23-12)16(20)18-9-11-2-4-13-14(8-11)22-7-6-21-13/h2-5,8H,6-7,9-10H2,1H3,(H,18,20). The van der Waals surface area contributed by atoms with Crippen molar-refractivity contribution in [2.24, 2.45) is 0 Å². The van der Waals surface area contributed by atoms with Gasteiger partial charge in [-0.15, -0.1) is 11.3 Å². The lowest BCUT2D eigenvalue weighted by Crippen LogP contribution is -2.36. The second kappa shape index (κ2) is 7.10. The molecular formula is C16H17ClN2O3S. The van der Waals surface area contributed by atoms with Crippen LogP contribution in [-0.2, 0) is 13.1 Å². The van der Waals surface area contributed by atoms with Gasteiger partial charge in [0.15, 0.2) is 11.5 Å². The fraction of sp³-hybridized carbons (Fsp3) is 0.312. The molecule has 0 spiro atoms. The Balaban J connectivity index is 1.54. The molecule has 0 bridgehead atoms. The number of hydrogen-bond donors (Lipinski definition) is 1. The maximum Gasteiger partial charge on any atom is 0.317 e. The first-order chi connectivity index (χ1) is 11.1. The zero-order valence-electron chi connectivity index (χ0n) is 12.7. The van der Waals surface area contributed by atoms with Gasteiger partial charge in [-0.1, -0.05) is 17.7 Å². The van der Waals surface area contributed by atoms with Gasteiger partial charge in [0, 0.05) is 18.5 Å². The third-order valence-electron chi connectivity index (χ3n) is 3.42. The minimum Gasteiger partial charge on any atom is -0.486 e. The minimum atomic E-state index is -0.135. The highest BCUT2D eigenvalue weighted by atomic mass is 35.5. The van der Waals surface area contributed by atoms with Gasteiger partial charge in [-0.3, -0.25) is 0 Å². The van der Waals surface area contributed by atoms with Gasteiger partial charge in [-0.05, 0) is 29.8 Å². The number of nitrogens with zero attached hydrogens (tertiary/aromatic N) is 1. The molecule has 0 atom stereocenters. The fourth-order valence-corrected chi connectivity index (χ4v) is 3.39. The van der Waals surface area contributed by atoms with E-state index in [-0.39, 0.29) is 6.03 Å². The lowest BCUT2D eigenvalue weighted by atomic mass is 10.2. The maximum atomic E-state index is 12.1. The molecule has 23 heavy (non-hydrogen) atoms. The van der Waals surface area contributed by atoms with Crippen molar-refractivity contribution in [3.05, 3.63) is 45.1 Å². The van der Waals surface area contributed by atoms with E-state index in [0.717, 1.165) is 26.3 Å². The summed E-state index contributed by atoms with van der Waals surface area (Å²) < 4.78 is 11.7. The molecule has 122 valence electrons. The van der Waals surface area contributed by atoms with Gasteiger partial charge in [0.25, 0.3) is 0 Å². The van der Waals surface area contributed by atoms with Gasteiger partial charge in [0.1, 0.15) is 13.2 Å². The molecule has 2 aromatic rings. The number of fused-ring (bicyclic) bond motifs is 1. The highest BCUT2D eigenvalue weighted by Gasteiger charge is 2.13. The Labute approximate surface area is 143 Å². The van der Waals surface area contributed by atoms with Crippen molar-refractivity contribution in [1.82, 2.24) is 10.2 Å². The predicted molar refractivity (Wildman–Crippen MR) is 90.5 cm³/mol. The summed E-state index contributed by atoms with van der Waals surface area (Å²) >= 11 is 7.38. The van der Waals surface area contributed by atoms with Crippen molar-refractivity contribution in [1.29, 1.82) is 0 Å². The maximum absolute atomic E-state index is 12.1. The summed E-state index contributed by atoms with van der Waals surface area (Å²) in [6.45, 7) is 2.09. The van der Waals surface area contributed by atoms with Crippen LogP contribution >= 0.6 is 22.9 Å². The van der Waals surface area contributed by atoms with Crippen LogP contribution < -0.4 is 14.8 Å². The van der Waals surface area contributed by atoms with Crippen molar-refractivity contribution < 1.29 is 14.3 Å². The monoisotopic (exact) mass is 352 g/mol. The van der Waals surface area contributed by atoms with Crippen LogP contribution in [0.4, 0.5) is 4.79 Å². The number of carbonyl (C=O) groups excluding carboxylic acids is 1. The summed E-state index contributed by atoms with van der Waals surface area (Å²) in [5.41, 5.74) is 0.968. The van der Waals surface area contributed by atoms with E-state index >= 15 is 0 Å². The van der Waals surface area contributed by atoms with Crippen molar-refractivity contribution in [2.75, 3.05) is 20.3 Å². The molecule has 1 aliphatic rings. The molecule has 0 saturated carbocycles. The zero-order valence-corrected chi connectivity index (χ0v) is 14.2. The smallest absolute Gasteiger partial charge is 0.317 e. The summed E-state index contributed by atoms with van der Waals surface area (Å²) in [6.07, 6.45) is 0. The van der Waals surface area contributed by atoms with Crippen molar-refractivity contribution in [2.45, 2.75) is 13.1 Å². The fourth-order valence-electron chi connectivity index (χ4n) is 2.25. The Morgan fingerprint density at radius 1 is 1.26 bits per heavy atom. The molecule has 0 radical (unpaired) electrons. The molecule has 0 fully saturated rings. The number of benzene rings is 1. The number of hydrogen-bond acceptors (Lipinski definition) is 4. The number of rotatable bonds is 4. The first-order valence-corrected chi connectivity index (χ1v) is 8.43. The van der Waals surface area contributed by atoms with Gasteiger partial charge < -0.3 is 19.7 Å². The molecule has 1 aliphatic heterocycles. The van der Waals surface area contributed by atoms with Crippen LogP contribution in [0.2, 0.25) is 4.34 Å². The molecule has 0 saturated heterocycles. The van der Waals surface area contributed by atoms with Crippen LogP contribution in [0.1, 0.15) is 10.4 Å². The SMILES string of the molecule is CN(Cc1ccc(Cl)s1)C(=O)NCc1ccc2c(c1)OCCO2. The van der Waals surface area contributed by atoms with E-state index in [4.69, 9.17) is 21.1 Å². The van der Waals surface area contributed by atoms with Crippen molar-refractivity contribution in [3.63, 3.8) is 0 Å². The van der Waals surface area contributed by atoms with Crippen LogP contribution in [0.5, 0.6) is 11.5 Å². The van der Waals surface area contributed by atoms with Gasteiger partial charge >= 0.3 is 6.03 Å². The van der Waals surface area contributed by atoms with E-state index in [1.165, 1.54) is 11.3 Å². The Kier molecular flexibility index (Phi) is 4.93. The lowest BCUT2D eigenvalue weighted by molar-refractivity contribution is 0.171. The zero-order chi connectivity index (χ0) is 16.2. The Hall–Kier alpha value is -1.92. The highest BCUT2D eigenvalue weighted by molar-refractivity contribution is 7.16. The second-order valence-corrected chi connectivity index (χ2v) is 7.00. The third-order valence-corrected chi connectivity index (χ3v) is 4.63. The molecule has 2 heterocycles. The molecule has 1 N–H and O–H groups in total. The Bertz CT molecular complexity index is 704. The summed E-state index contributed by atoms with van der Waals surface area (Å²) in [7, 11) is 1.76. The van der Waals surface area contributed by atoms with Gasteiger partial charge in [-0.2, -0.15) is 0 Å². The number of carbonyl (C=O) groups is 1. The summed E-state index contributed by atoms with van der Waals surface area (Å²) in [4.78, 5) is 14.8. The average Bonchev–Trinajstić information content (AvgIpc) is 2.97. The summed E-state index contributed by atoms with van der Waals surface area (Å²) in [5.74, 6) is 1.47. The van der Waals surface area contributed by atoms with E-state index in [0.29, 0.717) is 26.3 Å². The quantitative estimate of drug-likeness (QED) is 0.916. The molecular weight excluding hydrogens is 336 g/mol. The molecule has 1 aromatic carbocycles. The van der Waals surface area contributed by atoms with Gasteiger partial charge in [0.2, 0.25) is 0 Å². The van der Waals surface area contributed by atoms with E-state index in [1.54, 1.807) is 11.9 Å². The van der Waals surface area contributed by atoms with Crippen LogP contribution in [-0.4, -0.2) is 31.2 Å². The van der Waals surface area contributed by atoms with Crippen molar-refractivity contribution in [3.8, 4) is 11.5 Å². The number of urea groups is 1. The van der Waals surface area contributed by atoms with Crippen molar-refractivity contribution >= 4 is 29.0 Å². The Morgan fingerprint density at radius 2 is 2.04 bits per heavy atom. The van der Waals surface area contributed by atoms with Crippen LogP contribution in [0.25, 0.3) is 0 Å². The lowest BCUT2D eigenvalue weighted by Gasteiger charge is -2.20. The molecule has 5 nitrogen and oxygen atoms in total. The van der Waals surface area contributed by atoms with Crippen LogP contribution in [0.3, 0.4) is 0 Å². The van der Waals surface area contributed by atoms with Crippen LogP contribution in [0, 0.1) is 0 Å². The molecule has 3 rings (SSSR count). The summed E-state index contributed by atoms with van der Waals surface area (Å²) in [5, 5.41) is 2.89. The largest absolute Gasteiger partial charge is 0.486 e. The average molecular weight is 353 g/mol. The molecule has 0 aliphatic carbocycles. The second-order valence-electron chi connectivity index (χ2n) is 5.20. The van der Waals surface area contributed by atoms with E-state index in [1.807, 2.05) is 30.3 Å². The van der Waals surface area contributed by atoms with E-state index in [9.17, 15) is 4.79 Å². The number of ether oxygens (including phenoxy) is 2. The molecule has 1 aromatic heterocycles. The number of amides is 2. The normalized spacial score (nSPS) is 12.8. The first kappa shape index (κ1) is 16.0. The number of thiophene rings is 1. The number of halogens is 1. The van der Waals surface area contributed by atoms with E-state index < -0.39 is 0 Å². The number of nitrogens with one attached hydrogen (secondary N) is 1. The summed E-state index contributed by atoms with van der Waals surface area (Å²) in [6, 6.07) is 9.32. The predicted octanol–water partition coefficient (Wildman–Crippen LogP) is 3.51. The first-order valence-electron chi connectivity index (χ1n) is 7.23. The topological polar surface area (TPSA) is 50.8 Å². The molecule has 0 unspecified atom stereocenters. The molecule has 2 amide bonds.